The van der Waals surface area contributed by atoms with Crippen molar-refractivity contribution in [2.75, 3.05) is 5.32 Å². The van der Waals surface area contributed by atoms with E-state index in [4.69, 9.17) is 0 Å². The maximum Gasteiger partial charge on any atom is 0.277 e. The lowest BCUT2D eigenvalue weighted by Crippen LogP contribution is -2.39. The molecule has 0 aliphatic carbocycles. The lowest BCUT2D eigenvalue weighted by atomic mass is 9.96. The average Bonchev–Trinajstić information content (AvgIpc) is 3.11. The summed E-state index contributed by atoms with van der Waals surface area (Å²) in [4.78, 5) is 33.1. The van der Waals surface area contributed by atoms with E-state index >= 15 is 0 Å². The van der Waals surface area contributed by atoms with Crippen molar-refractivity contribution in [3.05, 3.63) is 28.8 Å². The first kappa shape index (κ1) is 16.6. The highest BCUT2D eigenvalue weighted by molar-refractivity contribution is 7.13. The second kappa shape index (κ2) is 6.72. The van der Waals surface area contributed by atoms with Gasteiger partial charge in [0.25, 0.3) is 5.91 Å². The van der Waals surface area contributed by atoms with Crippen molar-refractivity contribution >= 4 is 28.3 Å². The molecule has 1 unspecified atom stereocenters. The van der Waals surface area contributed by atoms with E-state index in [9.17, 15) is 9.59 Å². The van der Waals surface area contributed by atoms with E-state index in [1.165, 1.54) is 11.3 Å². The molecule has 0 spiro atoms. The quantitative estimate of drug-likeness (QED) is 0.885. The molecule has 24 heavy (non-hydrogen) atoms. The monoisotopic (exact) mass is 347 g/mol. The zero-order chi connectivity index (χ0) is 17.3. The molecule has 2 aromatic heterocycles. The lowest BCUT2D eigenvalue weighted by molar-refractivity contribution is -0.126. The second-order valence-corrected chi connectivity index (χ2v) is 7.20. The fourth-order valence-corrected chi connectivity index (χ4v) is 3.52. The third-order valence-corrected chi connectivity index (χ3v) is 4.82. The molecule has 0 saturated heterocycles. The van der Waals surface area contributed by atoms with E-state index in [-0.39, 0.29) is 23.8 Å². The summed E-state index contributed by atoms with van der Waals surface area (Å²) >= 11 is 1.39. The molecule has 0 fully saturated rings. The maximum atomic E-state index is 12.4. The van der Waals surface area contributed by atoms with Crippen LogP contribution < -0.4 is 10.6 Å². The Kier molecular flexibility index (Phi) is 4.66. The Morgan fingerprint density at radius 3 is 2.88 bits per heavy atom. The molecule has 2 N–H and O–H groups in total. The number of carbonyl (C=O) groups is 2. The van der Waals surface area contributed by atoms with Crippen LogP contribution in [0, 0.1) is 12.8 Å². The van der Waals surface area contributed by atoms with Crippen LogP contribution >= 0.6 is 11.3 Å². The molecule has 8 heteroatoms. The molecule has 3 heterocycles. The van der Waals surface area contributed by atoms with Crippen molar-refractivity contribution in [1.29, 1.82) is 0 Å². The third kappa shape index (κ3) is 3.48. The maximum absolute atomic E-state index is 12.4. The van der Waals surface area contributed by atoms with E-state index < -0.39 is 0 Å². The van der Waals surface area contributed by atoms with Crippen LogP contribution in [0.3, 0.4) is 0 Å². The van der Waals surface area contributed by atoms with Crippen LogP contribution in [0.25, 0.3) is 0 Å². The van der Waals surface area contributed by atoms with Crippen molar-refractivity contribution in [3.63, 3.8) is 0 Å². The molecule has 0 aromatic carbocycles. The fraction of sp³-hybridized carbons (Fsp3) is 0.500. The molecule has 3 rings (SSSR count). The Balaban J connectivity index is 1.70. The number of hydrogen-bond donors (Lipinski definition) is 2. The first-order valence-corrected chi connectivity index (χ1v) is 8.90. The van der Waals surface area contributed by atoms with Gasteiger partial charge in [-0.3, -0.25) is 14.9 Å². The number of rotatable bonds is 4. The number of hydrogen-bond acceptors (Lipinski definition) is 5. The van der Waals surface area contributed by atoms with Crippen LogP contribution in [0.4, 0.5) is 5.13 Å². The minimum absolute atomic E-state index is 0.0635. The second-order valence-electron chi connectivity index (χ2n) is 6.34. The van der Waals surface area contributed by atoms with Gasteiger partial charge < -0.3 is 9.88 Å². The summed E-state index contributed by atoms with van der Waals surface area (Å²) < 4.78 is 1.91. The average molecular weight is 347 g/mol. The number of amides is 2. The smallest absolute Gasteiger partial charge is 0.277 e. The Morgan fingerprint density at radius 2 is 2.21 bits per heavy atom. The van der Waals surface area contributed by atoms with Gasteiger partial charge >= 0.3 is 0 Å². The highest BCUT2D eigenvalue weighted by atomic mass is 32.1. The van der Waals surface area contributed by atoms with Crippen LogP contribution in [0.2, 0.25) is 0 Å². The van der Waals surface area contributed by atoms with Gasteiger partial charge in [0.2, 0.25) is 5.91 Å². The van der Waals surface area contributed by atoms with Gasteiger partial charge in [0.1, 0.15) is 5.69 Å². The Labute approximate surface area is 144 Å². The predicted octanol–water partition coefficient (Wildman–Crippen LogP) is 1.99. The zero-order valence-electron chi connectivity index (χ0n) is 14.0. The highest BCUT2D eigenvalue weighted by Crippen LogP contribution is 2.24. The van der Waals surface area contributed by atoms with Gasteiger partial charge in [-0.25, -0.2) is 9.97 Å². The first-order chi connectivity index (χ1) is 11.4. The molecular weight excluding hydrogens is 326 g/mol. The first-order valence-electron chi connectivity index (χ1n) is 8.02. The molecule has 2 amide bonds. The summed E-state index contributed by atoms with van der Waals surface area (Å²) in [6, 6.07) is 0.129. The van der Waals surface area contributed by atoms with E-state index in [0.717, 1.165) is 17.8 Å². The minimum atomic E-state index is -0.247. The summed E-state index contributed by atoms with van der Waals surface area (Å²) in [5, 5.41) is 8.20. The van der Waals surface area contributed by atoms with Gasteiger partial charge in [-0.2, -0.15) is 0 Å². The standard InChI is InChI=1S/C16H21N5O2S/c1-9(2)18-14(22)11-4-5-12-13(17-8-21(12)6-11)15(23)20-16-19-10(3)7-24-16/h7-9,11H,4-6H2,1-3H3,(H,18,22)(H,19,20,23). The summed E-state index contributed by atoms with van der Waals surface area (Å²) in [6.45, 7) is 6.34. The van der Waals surface area contributed by atoms with Crippen LogP contribution in [0.1, 0.15) is 42.1 Å². The summed E-state index contributed by atoms with van der Waals surface area (Å²) in [5.74, 6) is -0.261. The molecule has 0 saturated carbocycles. The minimum Gasteiger partial charge on any atom is -0.354 e. The van der Waals surface area contributed by atoms with Crippen molar-refractivity contribution in [3.8, 4) is 0 Å². The molecule has 1 aliphatic heterocycles. The van der Waals surface area contributed by atoms with Crippen LogP contribution in [-0.4, -0.2) is 32.4 Å². The predicted molar refractivity (Wildman–Crippen MR) is 92.1 cm³/mol. The Morgan fingerprint density at radius 1 is 1.42 bits per heavy atom. The number of aromatic nitrogens is 3. The zero-order valence-corrected chi connectivity index (χ0v) is 14.8. The van der Waals surface area contributed by atoms with Gasteiger partial charge in [0.15, 0.2) is 5.13 Å². The lowest BCUT2D eigenvalue weighted by Gasteiger charge is -2.24. The van der Waals surface area contributed by atoms with Crippen molar-refractivity contribution < 1.29 is 9.59 Å². The molecule has 1 aliphatic rings. The van der Waals surface area contributed by atoms with E-state index in [1.54, 1.807) is 6.33 Å². The van der Waals surface area contributed by atoms with Crippen molar-refractivity contribution in [2.24, 2.45) is 5.92 Å². The number of thiazole rings is 1. The molecule has 128 valence electrons. The number of nitrogens with zero attached hydrogens (tertiary/aromatic N) is 3. The van der Waals surface area contributed by atoms with E-state index in [0.29, 0.717) is 23.8 Å². The third-order valence-electron chi connectivity index (χ3n) is 3.95. The number of fused-ring (bicyclic) bond motifs is 1. The van der Waals surface area contributed by atoms with Crippen LogP contribution in [0.15, 0.2) is 11.7 Å². The number of anilines is 1. The Bertz CT molecular complexity index is 764. The Hall–Kier alpha value is -2.22. The summed E-state index contributed by atoms with van der Waals surface area (Å²) in [6.07, 6.45) is 3.03. The SMILES string of the molecule is Cc1csc(NC(=O)c2ncn3c2CCC(C(=O)NC(C)C)C3)n1. The fourth-order valence-electron chi connectivity index (χ4n) is 2.84. The number of aryl methyl sites for hydroxylation is 1. The van der Waals surface area contributed by atoms with Crippen molar-refractivity contribution in [1.82, 2.24) is 19.9 Å². The summed E-state index contributed by atoms with van der Waals surface area (Å²) in [5.41, 5.74) is 2.18. The molecule has 0 bridgehead atoms. The van der Waals surface area contributed by atoms with Crippen molar-refractivity contribution in [2.45, 2.75) is 46.2 Å². The van der Waals surface area contributed by atoms with Gasteiger partial charge in [-0.05, 0) is 33.6 Å². The number of imidazole rings is 1. The number of nitrogens with one attached hydrogen (secondary N) is 2. The largest absolute Gasteiger partial charge is 0.354 e. The van der Waals surface area contributed by atoms with E-state index in [2.05, 4.69) is 20.6 Å². The van der Waals surface area contributed by atoms with Gasteiger partial charge in [-0.1, -0.05) is 0 Å². The molecule has 7 nitrogen and oxygen atoms in total. The van der Waals surface area contributed by atoms with Gasteiger partial charge in [0, 0.05) is 18.0 Å². The molecule has 2 aromatic rings. The highest BCUT2D eigenvalue weighted by Gasteiger charge is 2.29. The van der Waals surface area contributed by atoms with Crippen LogP contribution in [-0.2, 0) is 17.8 Å². The topological polar surface area (TPSA) is 88.9 Å². The molecule has 1 atom stereocenters. The van der Waals surface area contributed by atoms with E-state index in [1.807, 2.05) is 30.7 Å². The normalized spacial score (nSPS) is 16.8. The molecule has 0 radical (unpaired) electrons. The van der Waals surface area contributed by atoms with Gasteiger partial charge in [0.05, 0.1) is 23.6 Å². The number of carbonyl (C=O) groups excluding carboxylic acids is 2. The summed E-state index contributed by atoms with van der Waals surface area (Å²) in [7, 11) is 0. The van der Waals surface area contributed by atoms with Gasteiger partial charge in [-0.15, -0.1) is 11.3 Å². The molecular formula is C16H21N5O2S. The van der Waals surface area contributed by atoms with Crippen LogP contribution in [0.5, 0.6) is 0 Å².